The minimum Gasteiger partial charge on any atom is -0.744 e. The van der Waals surface area contributed by atoms with Crippen LogP contribution in [-0.4, -0.2) is 24.0 Å². The normalized spacial score (nSPS) is 10.4. The highest BCUT2D eigenvalue weighted by Crippen LogP contribution is 2.08. The Balaban J connectivity index is 0.000000211. The zero-order chi connectivity index (χ0) is 16.0. The van der Waals surface area contributed by atoms with Gasteiger partial charge in [0.2, 0.25) is 0 Å². The van der Waals surface area contributed by atoms with Crippen LogP contribution in [0.2, 0.25) is 0 Å². The van der Waals surface area contributed by atoms with Gasteiger partial charge in [0, 0.05) is 6.07 Å². The zero-order valence-electron chi connectivity index (χ0n) is 11.3. The van der Waals surface area contributed by atoms with Gasteiger partial charge >= 0.3 is 5.97 Å². The number of carboxylic acid groups (broad SMARTS) is 1. The molecule has 0 spiro atoms. The number of hydrogen-bond donors (Lipinski definition) is 2. The number of benzene rings is 2. The van der Waals surface area contributed by atoms with Gasteiger partial charge < -0.3 is 15.4 Å². The van der Waals surface area contributed by atoms with Crippen molar-refractivity contribution >= 4 is 21.8 Å². The smallest absolute Gasteiger partial charge is 0.335 e. The summed E-state index contributed by atoms with van der Waals surface area (Å²) in [5.41, 5.74) is 5.54. The molecule has 0 fully saturated rings. The summed E-state index contributed by atoms with van der Waals surface area (Å²) in [6.07, 6.45) is 0. The standard InChI is InChI=1S/C7H7NO2.C7H8O3S/c8-6-3-1-2-5(4-6)7(9)10;1-6-2-4-7(5-3-6)11(8,9)10/h1-4H,8H2,(H,9,10);2-5H,1H3,(H,8,9,10). The molecule has 7 heteroatoms. The number of carboxylic acids is 1. The maximum absolute atomic E-state index is 10.4. The van der Waals surface area contributed by atoms with Crippen LogP contribution in [0.15, 0.2) is 53.4 Å². The largest absolute Gasteiger partial charge is 0.744 e. The Hall–Kier alpha value is -2.22. The Kier molecular flexibility index (Phi) is 5.60. The molecule has 112 valence electrons. The van der Waals surface area contributed by atoms with Crippen LogP contribution in [0.3, 0.4) is 0 Å². The van der Waals surface area contributed by atoms with Crippen LogP contribution in [0.25, 0.3) is 0 Å². The molecule has 0 heterocycles. The SMILES string of the molecule is Cc1ccc(S(=O)(=O)[O-])cc1.[NH3+]c1cccc(C(=O)O)c1. The van der Waals surface area contributed by atoms with Crippen LogP contribution in [0.1, 0.15) is 15.9 Å². The summed E-state index contributed by atoms with van der Waals surface area (Å²) < 4.78 is 31.2. The molecule has 0 amide bonds. The molecule has 0 atom stereocenters. The van der Waals surface area contributed by atoms with Crippen molar-refractivity contribution < 1.29 is 28.6 Å². The summed E-state index contributed by atoms with van der Waals surface area (Å²) in [5.74, 6) is -0.912. The molecule has 0 bridgehead atoms. The predicted octanol–water partition coefficient (Wildman–Crippen LogP) is 1.16. The molecule has 0 saturated carbocycles. The molecule has 2 rings (SSSR count). The fourth-order valence-electron chi connectivity index (χ4n) is 1.41. The minimum absolute atomic E-state index is 0.178. The molecule has 21 heavy (non-hydrogen) atoms. The van der Waals surface area contributed by atoms with Crippen molar-refractivity contribution in [2.45, 2.75) is 11.8 Å². The van der Waals surface area contributed by atoms with Crippen molar-refractivity contribution in [1.82, 2.24) is 0 Å². The van der Waals surface area contributed by atoms with Crippen LogP contribution in [0, 0.1) is 6.92 Å². The first kappa shape index (κ1) is 16.8. The van der Waals surface area contributed by atoms with E-state index in [-0.39, 0.29) is 10.5 Å². The molecule has 6 nitrogen and oxygen atoms in total. The van der Waals surface area contributed by atoms with Crippen LogP contribution in [0.4, 0.5) is 5.69 Å². The average Bonchev–Trinajstić information content (AvgIpc) is 2.39. The van der Waals surface area contributed by atoms with Crippen LogP contribution in [-0.2, 0) is 10.1 Å². The Morgan fingerprint density at radius 1 is 1.14 bits per heavy atom. The summed E-state index contributed by atoms with van der Waals surface area (Å²) in [7, 11) is -4.27. The number of quaternary nitrogens is 1. The molecule has 2 aromatic carbocycles. The molecular weight excluding hydrogens is 294 g/mol. The second kappa shape index (κ2) is 6.98. The molecule has 2 aromatic rings. The Morgan fingerprint density at radius 2 is 1.71 bits per heavy atom. The van der Waals surface area contributed by atoms with Crippen molar-refractivity contribution in [3.63, 3.8) is 0 Å². The molecule has 0 aliphatic rings. The van der Waals surface area contributed by atoms with Crippen molar-refractivity contribution in [2.75, 3.05) is 0 Å². The molecule has 0 unspecified atom stereocenters. The molecular formula is C14H15NO5S. The zero-order valence-corrected chi connectivity index (χ0v) is 12.1. The highest BCUT2D eigenvalue weighted by Gasteiger charge is 2.01. The van der Waals surface area contributed by atoms with E-state index >= 15 is 0 Å². The van der Waals surface area contributed by atoms with E-state index in [0.29, 0.717) is 0 Å². The molecule has 0 aliphatic carbocycles. The Morgan fingerprint density at radius 3 is 2.10 bits per heavy atom. The Bertz CT molecular complexity index is 723. The van der Waals surface area contributed by atoms with E-state index in [1.165, 1.54) is 24.3 Å². The second-order valence-corrected chi connectivity index (χ2v) is 5.65. The number of aryl methyl sites for hydroxylation is 1. The lowest BCUT2D eigenvalue weighted by Gasteiger charge is -2.05. The maximum atomic E-state index is 10.4. The lowest BCUT2D eigenvalue weighted by atomic mass is 10.2. The van der Waals surface area contributed by atoms with Gasteiger partial charge in [0.1, 0.15) is 15.8 Å². The third-order valence-electron chi connectivity index (χ3n) is 2.48. The molecule has 4 N–H and O–H groups in total. The van der Waals surface area contributed by atoms with Gasteiger partial charge in [0.25, 0.3) is 0 Å². The third kappa shape index (κ3) is 5.74. The summed E-state index contributed by atoms with van der Waals surface area (Å²) in [5, 5.41) is 8.48. The van der Waals surface area contributed by atoms with E-state index < -0.39 is 16.1 Å². The fraction of sp³-hybridized carbons (Fsp3) is 0.0714. The summed E-state index contributed by atoms with van der Waals surface area (Å²) >= 11 is 0. The number of rotatable bonds is 2. The van der Waals surface area contributed by atoms with E-state index in [9.17, 15) is 17.8 Å². The van der Waals surface area contributed by atoms with Gasteiger partial charge in [0.05, 0.1) is 10.5 Å². The fourth-order valence-corrected chi connectivity index (χ4v) is 1.88. The molecule has 0 saturated heterocycles. The lowest BCUT2D eigenvalue weighted by Crippen LogP contribution is -2.40. The first-order chi connectivity index (χ1) is 9.70. The van der Waals surface area contributed by atoms with Gasteiger partial charge in [-0.3, -0.25) is 0 Å². The molecule has 0 radical (unpaired) electrons. The first-order valence-electron chi connectivity index (χ1n) is 5.88. The van der Waals surface area contributed by atoms with Gasteiger partial charge in [-0.1, -0.05) is 23.8 Å². The van der Waals surface area contributed by atoms with E-state index in [0.717, 1.165) is 11.3 Å². The van der Waals surface area contributed by atoms with Crippen molar-refractivity contribution in [3.05, 3.63) is 59.7 Å². The highest BCUT2D eigenvalue weighted by molar-refractivity contribution is 7.85. The predicted molar refractivity (Wildman–Crippen MR) is 75.1 cm³/mol. The van der Waals surface area contributed by atoms with Crippen molar-refractivity contribution in [2.24, 2.45) is 0 Å². The summed E-state index contributed by atoms with van der Waals surface area (Å²) in [6, 6.07) is 12.3. The third-order valence-corrected chi connectivity index (χ3v) is 3.33. The number of hydrogen-bond acceptors (Lipinski definition) is 4. The average molecular weight is 309 g/mol. The first-order valence-corrected chi connectivity index (χ1v) is 7.29. The van der Waals surface area contributed by atoms with Crippen LogP contribution >= 0.6 is 0 Å². The summed E-state index contributed by atoms with van der Waals surface area (Å²) in [6.45, 7) is 1.82. The number of aromatic carboxylic acids is 1. The van der Waals surface area contributed by atoms with Gasteiger partial charge in [0.15, 0.2) is 0 Å². The monoisotopic (exact) mass is 309 g/mol. The van der Waals surface area contributed by atoms with E-state index in [2.05, 4.69) is 5.73 Å². The quantitative estimate of drug-likeness (QED) is 0.806. The minimum atomic E-state index is -4.27. The Labute approximate surface area is 122 Å². The lowest BCUT2D eigenvalue weighted by molar-refractivity contribution is -0.254. The van der Waals surface area contributed by atoms with Gasteiger partial charge in [-0.2, -0.15) is 0 Å². The van der Waals surface area contributed by atoms with Crippen molar-refractivity contribution in [3.8, 4) is 0 Å². The van der Waals surface area contributed by atoms with E-state index in [1.807, 2.05) is 6.92 Å². The van der Waals surface area contributed by atoms with Crippen LogP contribution in [0.5, 0.6) is 0 Å². The summed E-state index contributed by atoms with van der Waals surface area (Å²) in [4.78, 5) is 10.1. The van der Waals surface area contributed by atoms with Crippen LogP contribution < -0.4 is 5.73 Å². The van der Waals surface area contributed by atoms with Gasteiger partial charge in [-0.25, -0.2) is 13.2 Å². The molecule has 0 aliphatic heterocycles. The number of carbonyl (C=O) groups is 1. The highest BCUT2D eigenvalue weighted by atomic mass is 32.2. The van der Waals surface area contributed by atoms with Crippen molar-refractivity contribution in [1.29, 1.82) is 0 Å². The van der Waals surface area contributed by atoms with Gasteiger partial charge in [-0.05, 0) is 31.2 Å². The van der Waals surface area contributed by atoms with Gasteiger partial charge in [-0.15, -0.1) is 0 Å². The van der Waals surface area contributed by atoms with E-state index in [4.69, 9.17) is 5.11 Å². The topological polar surface area (TPSA) is 122 Å². The second-order valence-electron chi connectivity index (χ2n) is 4.27. The molecule has 0 aromatic heterocycles. The van der Waals surface area contributed by atoms with E-state index in [1.54, 1.807) is 24.3 Å². The maximum Gasteiger partial charge on any atom is 0.335 e.